The van der Waals surface area contributed by atoms with Crippen LogP contribution in [-0.2, 0) is 9.53 Å². The fourth-order valence-electron chi connectivity index (χ4n) is 1.73. The van der Waals surface area contributed by atoms with Gasteiger partial charge in [0, 0.05) is 6.42 Å². The average molecular weight is 240 g/mol. The predicted molar refractivity (Wildman–Crippen MR) is 72.9 cm³/mol. The zero-order valence-electron chi connectivity index (χ0n) is 11.5. The van der Waals surface area contributed by atoms with E-state index in [-0.39, 0.29) is 5.97 Å². The summed E-state index contributed by atoms with van der Waals surface area (Å²) < 4.78 is 5.11. The Kier molecular flexibility index (Phi) is 11.1. The molecule has 2 heteroatoms. The molecule has 0 amide bonds. The molecule has 0 bridgehead atoms. The molecule has 0 N–H and O–H groups in total. The van der Waals surface area contributed by atoms with Crippen LogP contribution in [0.3, 0.4) is 0 Å². The summed E-state index contributed by atoms with van der Waals surface area (Å²) in [5.74, 6) is 0.417. The minimum absolute atomic E-state index is 0.0822. The molecule has 0 rings (SSSR count). The van der Waals surface area contributed by atoms with Crippen molar-refractivity contribution >= 4 is 5.97 Å². The zero-order chi connectivity index (χ0) is 12.9. The van der Waals surface area contributed by atoms with Crippen molar-refractivity contribution in [1.29, 1.82) is 0 Å². The van der Waals surface area contributed by atoms with Crippen LogP contribution >= 0.6 is 0 Å². The van der Waals surface area contributed by atoms with Crippen molar-refractivity contribution in [2.45, 2.75) is 65.2 Å². The lowest BCUT2D eigenvalue weighted by Crippen LogP contribution is -2.10. The van der Waals surface area contributed by atoms with Crippen molar-refractivity contribution in [3.8, 4) is 0 Å². The lowest BCUT2D eigenvalue weighted by atomic mass is 10.0. The Morgan fingerprint density at radius 3 is 2.53 bits per heavy atom. The van der Waals surface area contributed by atoms with Gasteiger partial charge in [-0.1, -0.05) is 45.6 Å². The summed E-state index contributed by atoms with van der Waals surface area (Å²) in [6.45, 7) is 8.29. The second kappa shape index (κ2) is 11.7. The molecule has 0 aromatic heterocycles. The summed E-state index contributed by atoms with van der Waals surface area (Å²) in [4.78, 5) is 11.0. The van der Waals surface area contributed by atoms with Crippen molar-refractivity contribution in [3.63, 3.8) is 0 Å². The van der Waals surface area contributed by atoms with E-state index >= 15 is 0 Å². The van der Waals surface area contributed by atoms with E-state index in [0.717, 1.165) is 6.42 Å². The number of hydrogen-bond acceptors (Lipinski definition) is 2. The van der Waals surface area contributed by atoms with E-state index in [1.807, 2.05) is 13.0 Å². The minimum Gasteiger partial charge on any atom is -0.465 e. The molecule has 0 spiro atoms. The maximum Gasteiger partial charge on any atom is 0.305 e. The number of carbonyl (C=O) groups is 1. The third kappa shape index (κ3) is 11.5. The molecular weight excluding hydrogens is 212 g/mol. The molecule has 0 aliphatic heterocycles. The van der Waals surface area contributed by atoms with Gasteiger partial charge >= 0.3 is 5.97 Å². The molecule has 0 saturated carbocycles. The zero-order valence-corrected chi connectivity index (χ0v) is 11.5. The molecule has 0 saturated heterocycles. The molecule has 17 heavy (non-hydrogen) atoms. The van der Waals surface area contributed by atoms with Crippen LogP contribution in [0.25, 0.3) is 0 Å². The van der Waals surface area contributed by atoms with Gasteiger partial charge in [0.15, 0.2) is 0 Å². The van der Waals surface area contributed by atoms with Gasteiger partial charge in [0.1, 0.15) is 0 Å². The summed E-state index contributed by atoms with van der Waals surface area (Å²) in [5, 5.41) is 0. The molecule has 1 atom stereocenters. The lowest BCUT2D eigenvalue weighted by Gasteiger charge is -2.11. The third-order valence-electron chi connectivity index (χ3n) is 2.92. The van der Waals surface area contributed by atoms with E-state index in [2.05, 4.69) is 13.5 Å². The first-order valence-electron chi connectivity index (χ1n) is 6.97. The van der Waals surface area contributed by atoms with Gasteiger partial charge < -0.3 is 4.74 Å². The monoisotopic (exact) mass is 240 g/mol. The van der Waals surface area contributed by atoms with E-state index < -0.39 is 0 Å². The Hall–Kier alpha value is -0.790. The number of unbranched alkanes of at least 4 members (excludes halogenated alkanes) is 5. The standard InChI is InChI=1S/C15H28O2/c1-4-6-7-8-9-10-11-12-14(3)13-17-15(16)5-2/h4,14H,1,5-13H2,2-3H3. The van der Waals surface area contributed by atoms with Crippen LogP contribution in [0.4, 0.5) is 0 Å². The van der Waals surface area contributed by atoms with Crippen LogP contribution in [0.2, 0.25) is 0 Å². The fraction of sp³-hybridized carbons (Fsp3) is 0.800. The Morgan fingerprint density at radius 1 is 1.24 bits per heavy atom. The molecule has 0 aliphatic rings. The lowest BCUT2D eigenvalue weighted by molar-refractivity contribution is -0.144. The quantitative estimate of drug-likeness (QED) is 0.302. The summed E-state index contributed by atoms with van der Waals surface area (Å²) in [5.41, 5.74) is 0. The molecule has 0 fully saturated rings. The number of ether oxygens (including phenoxy) is 1. The summed E-state index contributed by atoms with van der Waals surface area (Å²) in [6.07, 6.45) is 11.2. The fourth-order valence-corrected chi connectivity index (χ4v) is 1.73. The number of esters is 1. The number of hydrogen-bond donors (Lipinski definition) is 0. The summed E-state index contributed by atoms with van der Waals surface area (Å²) in [6, 6.07) is 0. The van der Waals surface area contributed by atoms with Gasteiger partial charge in [-0.2, -0.15) is 0 Å². The Balaban J connectivity index is 3.24. The van der Waals surface area contributed by atoms with Crippen molar-refractivity contribution in [3.05, 3.63) is 12.7 Å². The Labute approximate surface area is 106 Å². The highest BCUT2D eigenvalue weighted by Gasteiger charge is 2.05. The second-order valence-electron chi connectivity index (χ2n) is 4.78. The van der Waals surface area contributed by atoms with Crippen LogP contribution in [0.5, 0.6) is 0 Å². The molecule has 100 valence electrons. The van der Waals surface area contributed by atoms with Crippen LogP contribution in [-0.4, -0.2) is 12.6 Å². The van der Waals surface area contributed by atoms with Gasteiger partial charge in [0.2, 0.25) is 0 Å². The van der Waals surface area contributed by atoms with Crippen molar-refractivity contribution < 1.29 is 9.53 Å². The van der Waals surface area contributed by atoms with E-state index in [1.54, 1.807) is 0 Å². The highest BCUT2D eigenvalue weighted by molar-refractivity contribution is 5.68. The van der Waals surface area contributed by atoms with E-state index in [0.29, 0.717) is 18.9 Å². The number of carbonyl (C=O) groups excluding carboxylic acids is 1. The Bertz CT molecular complexity index is 199. The SMILES string of the molecule is C=CCCCCCCCC(C)COC(=O)CC. The van der Waals surface area contributed by atoms with Crippen LogP contribution < -0.4 is 0 Å². The summed E-state index contributed by atoms with van der Waals surface area (Å²) in [7, 11) is 0. The first-order chi connectivity index (χ1) is 8.20. The first-order valence-corrected chi connectivity index (χ1v) is 6.97. The van der Waals surface area contributed by atoms with E-state index in [1.165, 1.54) is 38.5 Å². The largest absolute Gasteiger partial charge is 0.465 e. The second-order valence-corrected chi connectivity index (χ2v) is 4.78. The predicted octanol–water partition coefficient (Wildman–Crippen LogP) is 4.49. The number of rotatable bonds is 11. The molecular formula is C15H28O2. The third-order valence-corrected chi connectivity index (χ3v) is 2.92. The van der Waals surface area contributed by atoms with Gasteiger partial charge in [-0.3, -0.25) is 4.79 Å². The Morgan fingerprint density at radius 2 is 1.88 bits per heavy atom. The maximum absolute atomic E-state index is 11.0. The van der Waals surface area contributed by atoms with Gasteiger partial charge in [-0.25, -0.2) is 0 Å². The van der Waals surface area contributed by atoms with E-state index in [9.17, 15) is 4.79 Å². The normalized spacial score (nSPS) is 12.1. The van der Waals surface area contributed by atoms with E-state index in [4.69, 9.17) is 4.74 Å². The van der Waals surface area contributed by atoms with Gasteiger partial charge in [-0.05, 0) is 25.2 Å². The van der Waals surface area contributed by atoms with Crippen LogP contribution in [0.1, 0.15) is 65.2 Å². The topological polar surface area (TPSA) is 26.3 Å². The minimum atomic E-state index is -0.0822. The van der Waals surface area contributed by atoms with Gasteiger partial charge in [0.25, 0.3) is 0 Å². The molecule has 0 heterocycles. The van der Waals surface area contributed by atoms with Crippen molar-refractivity contribution in [2.75, 3.05) is 6.61 Å². The molecule has 0 aromatic rings. The number of allylic oxidation sites excluding steroid dienone is 1. The molecule has 2 nitrogen and oxygen atoms in total. The van der Waals surface area contributed by atoms with Crippen molar-refractivity contribution in [1.82, 2.24) is 0 Å². The van der Waals surface area contributed by atoms with Crippen LogP contribution in [0.15, 0.2) is 12.7 Å². The van der Waals surface area contributed by atoms with Gasteiger partial charge in [0.05, 0.1) is 6.61 Å². The molecule has 0 radical (unpaired) electrons. The smallest absolute Gasteiger partial charge is 0.305 e. The first kappa shape index (κ1) is 16.2. The molecule has 0 aromatic carbocycles. The highest BCUT2D eigenvalue weighted by Crippen LogP contribution is 2.12. The molecule has 0 aliphatic carbocycles. The van der Waals surface area contributed by atoms with Crippen molar-refractivity contribution in [2.24, 2.45) is 5.92 Å². The highest BCUT2D eigenvalue weighted by atomic mass is 16.5. The molecule has 1 unspecified atom stereocenters. The van der Waals surface area contributed by atoms with Gasteiger partial charge in [-0.15, -0.1) is 6.58 Å². The summed E-state index contributed by atoms with van der Waals surface area (Å²) >= 11 is 0. The van der Waals surface area contributed by atoms with Crippen LogP contribution in [0, 0.1) is 5.92 Å². The average Bonchev–Trinajstić information content (AvgIpc) is 2.34. The maximum atomic E-state index is 11.0.